The van der Waals surface area contributed by atoms with E-state index in [-0.39, 0.29) is 0 Å². The fourth-order valence-corrected chi connectivity index (χ4v) is 5.30. The SMILES string of the molecule is COc1cc(/C=C2\CCCN3C2=NOC32c3ccccc3N(C)C2O)ccc1-n1cnc(C)c1. The molecule has 1 saturated heterocycles. The second kappa shape index (κ2) is 7.63. The normalized spacial score (nSPS) is 24.3. The molecule has 1 aromatic heterocycles. The molecule has 0 radical (unpaired) electrons. The number of aryl methyl sites for hydroxylation is 1. The highest BCUT2D eigenvalue weighted by molar-refractivity contribution is 6.04. The van der Waals surface area contributed by atoms with Gasteiger partial charge in [0.25, 0.3) is 5.72 Å². The Morgan fingerprint density at radius 1 is 1.21 bits per heavy atom. The minimum atomic E-state index is -1.03. The van der Waals surface area contributed by atoms with Crippen molar-refractivity contribution in [2.45, 2.75) is 31.7 Å². The summed E-state index contributed by atoms with van der Waals surface area (Å²) in [6.07, 6.45) is 6.86. The van der Waals surface area contributed by atoms with E-state index in [0.717, 1.165) is 64.7 Å². The van der Waals surface area contributed by atoms with Crippen LogP contribution in [0, 0.1) is 6.92 Å². The molecule has 1 spiro atoms. The number of aliphatic hydroxyl groups excluding tert-OH is 1. The molecule has 3 aromatic rings. The van der Waals surface area contributed by atoms with Gasteiger partial charge in [0, 0.05) is 31.0 Å². The first-order chi connectivity index (χ1) is 16.5. The van der Waals surface area contributed by atoms with Crippen LogP contribution in [0.2, 0.25) is 0 Å². The molecule has 34 heavy (non-hydrogen) atoms. The minimum absolute atomic E-state index is 0.762. The fraction of sp³-hybridized carbons (Fsp3) is 0.308. The molecule has 6 rings (SSSR count). The molecule has 1 fully saturated rings. The van der Waals surface area contributed by atoms with E-state index in [1.165, 1.54) is 0 Å². The van der Waals surface area contributed by atoms with Crippen molar-refractivity contribution in [1.29, 1.82) is 0 Å². The van der Waals surface area contributed by atoms with Crippen molar-refractivity contribution in [3.05, 3.63) is 77.4 Å². The number of benzene rings is 2. The van der Waals surface area contributed by atoms with Crippen molar-refractivity contribution >= 4 is 17.6 Å². The Bertz CT molecular complexity index is 1330. The Hall–Kier alpha value is -3.78. The highest BCUT2D eigenvalue weighted by atomic mass is 16.7. The van der Waals surface area contributed by atoms with Crippen LogP contribution < -0.4 is 9.64 Å². The molecule has 4 heterocycles. The number of likely N-dealkylation sites (N-methyl/N-ethyl adjacent to an activating group) is 1. The number of ether oxygens (including phenoxy) is 1. The van der Waals surface area contributed by atoms with Gasteiger partial charge in [0.05, 0.1) is 24.8 Å². The summed E-state index contributed by atoms with van der Waals surface area (Å²) in [4.78, 5) is 14.4. The van der Waals surface area contributed by atoms with Crippen LogP contribution in [-0.2, 0) is 10.6 Å². The molecule has 0 aliphatic carbocycles. The van der Waals surface area contributed by atoms with E-state index in [2.05, 4.69) is 27.2 Å². The van der Waals surface area contributed by atoms with E-state index >= 15 is 0 Å². The standard InChI is InChI=1S/C26H27N5O3/c1-17-15-30(16-27-17)22-11-10-18(14-23(22)33-3)13-19-7-6-12-31-24(19)28-34-26(31)20-8-4-5-9-21(20)29(2)25(26)32/h4-5,8-11,13-16,25,32H,6-7,12H2,1-3H3/b19-13+. The molecule has 2 unspecified atom stereocenters. The van der Waals surface area contributed by atoms with Gasteiger partial charge in [0.15, 0.2) is 12.1 Å². The average Bonchev–Trinajstić information content (AvgIpc) is 3.53. The van der Waals surface area contributed by atoms with E-state index in [1.807, 2.05) is 66.0 Å². The molecule has 0 bridgehead atoms. The predicted octanol–water partition coefficient (Wildman–Crippen LogP) is 3.63. The summed E-state index contributed by atoms with van der Waals surface area (Å²) < 4.78 is 7.64. The lowest BCUT2D eigenvalue weighted by molar-refractivity contribution is -0.169. The van der Waals surface area contributed by atoms with Crippen molar-refractivity contribution in [3.8, 4) is 11.4 Å². The van der Waals surface area contributed by atoms with E-state index in [9.17, 15) is 5.11 Å². The van der Waals surface area contributed by atoms with Gasteiger partial charge in [0.1, 0.15) is 5.75 Å². The number of anilines is 1. The lowest BCUT2D eigenvalue weighted by atomic mass is 9.94. The summed E-state index contributed by atoms with van der Waals surface area (Å²) in [7, 11) is 3.56. The van der Waals surface area contributed by atoms with Crippen LogP contribution in [0.15, 0.2) is 65.7 Å². The quantitative estimate of drug-likeness (QED) is 0.647. The van der Waals surface area contributed by atoms with Gasteiger partial charge in [-0.15, -0.1) is 0 Å². The van der Waals surface area contributed by atoms with Crippen LogP contribution >= 0.6 is 0 Å². The number of rotatable bonds is 3. The van der Waals surface area contributed by atoms with Gasteiger partial charge < -0.3 is 29.0 Å². The highest BCUT2D eigenvalue weighted by Crippen LogP contribution is 2.51. The van der Waals surface area contributed by atoms with Crippen molar-refractivity contribution in [1.82, 2.24) is 14.5 Å². The number of amidine groups is 1. The van der Waals surface area contributed by atoms with Gasteiger partial charge >= 0.3 is 0 Å². The molecule has 3 aliphatic rings. The molecular weight excluding hydrogens is 430 g/mol. The molecule has 1 N–H and O–H groups in total. The first kappa shape index (κ1) is 20.8. The number of piperidine rings is 1. The van der Waals surface area contributed by atoms with E-state index in [0.29, 0.717) is 0 Å². The molecule has 174 valence electrons. The number of fused-ring (bicyclic) bond motifs is 4. The van der Waals surface area contributed by atoms with Crippen molar-refractivity contribution in [2.75, 3.05) is 25.6 Å². The van der Waals surface area contributed by atoms with Gasteiger partial charge in [-0.05, 0) is 55.2 Å². The number of oxime groups is 1. The smallest absolute Gasteiger partial charge is 0.284 e. The number of nitrogens with zero attached hydrogens (tertiary/aromatic N) is 5. The van der Waals surface area contributed by atoms with E-state index in [4.69, 9.17) is 9.57 Å². The van der Waals surface area contributed by atoms with Crippen molar-refractivity contribution < 1.29 is 14.7 Å². The van der Waals surface area contributed by atoms with E-state index in [1.54, 1.807) is 13.4 Å². The lowest BCUT2D eigenvalue weighted by Crippen LogP contribution is -2.56. The Balaban J connectivity index is 1.36. The monoisotopic (exact) mass is 457 g/mol. The number of hydrogen-bond acceptors (Lipinski definition) is 7. The molecule has 8 nitrogen and oxygen atoms in total. The van der Waals surface area contributed by atoms with Crippen LogP contribution in [0.25, 0.3) is 11.8 Å². The highest BCUT2D eigenvalue weighted by Gasteiger charge is 2.61. The van der Waals surface area contributed by atoms with Crippen LogP contribution in [0.1, 0.15) is 29.7 Å². The Morgan fingerprint density at radius 2 is 2.06 bits per heavy atom. The molecule has 3 aliphatic heterocycles. The van der Waals surface area contributed by atoms with Gasteiger partial charge in [-0.2, -0.15) is 0 Å². The zero-order valence-corrected chi connectivity index (χ0v) is 19.5. The van der Waals surface area contributed by atoms with Gasteiger partial charge in [-0.3, -0.25) is 0 Å². The summed E-state index contributed by atoms with van der Waals surface area (Å²) in [6.45, 7) is 2.73. The largest absolute Gasteiger partial charge is 0.495 e. The maximum absolute atomic E-state index is 11.2. The van der Waals surface area contributed by atoms with Crippen molar-refractivity contribution in [3.63, 3.8) is 0 Å². The third kappa shape index (κ3) is 2.88. The van der Waals surface area contributed by atoms with Gasteiger partial charge in [0.2, 0.25) is 0 Å². The van der Waals surface area contributed by atoms with Gasteiger partial charge in [-0.25, -0.2) is 4.98 Å². The summed E-state index contributed by atoms with van der Waals surface area (Å²) >= 11 is 0. The third-order valence-corrected chi connectivity index (χ3v) is 6.96. The average molecular weight is 458 g/mol. The number of aliphatic hydroxyl groups is 1. The predicted molar refractivity (Wildman–Crippen MR) is 130 cm³/mol. The van der Waals surface area contributed by atoms with Crippen LogP contribution in [-0.4, -0.2) is 52.3 Å². The first-order valence-corrected chi connectivity index (χ1v) is 11.5. The van der Waals surface area contributed by atoms with Crippen LogP contribution in [0.4, 0.5) is 5.69 Å². The molecular formula is C26H27N5O3. The maximum atomic E-state index is 11.2. The number of para-hydroxylation sites is 1. The summed E-state index contributed by atoms with van der Waals surface area (Å²) in [5, 5.41) is 15.7. The molecule has 0 saturated carbocycles. The second-order valence-corrected chi connectivity index (χ2v) is 8.98. The molecule has 2 atom stereocenters. The second-order valence-electron chi connectivity index (χ2n) is 8.98. The van der Waals surface area contributed by atoms with Crippen molar-refractivity contribution in [2.24, 2.45) is 5.16 Å². The Labute approximate surface area is 198 Å². The number of aromatic nitrogens is 2. The number of methoxy groups -OCH3 is 1. The Morgan fingerprint density at radius 3 is 2.85 bits per heavy atom. The molecule has 0 amide bonds. The van der Waals surface area contributed by atoms with Gasteiger partial charge in [-0.1, -0.05) is 29.4 Å². The topological polar surface area (TPSA) is 75.3 Å². The van der Waals surface area contributed by atoms with E-state index < -0.39 is 12.0 Å². The van der Waals surface area contributed by atoms with Crippen LogP contribution in [0.3, 0.4) is 0 Å². The zero-order valence-electron chi connectivity index (χ0n) is 19.5. The first-order valence-electron chi connectivity index (χ1n) is 11.5. The summed E-state index contributed by atoms with van der Waals surface area (Å²) in [5.74, 6) is 1.55. The molecule has 2 aromatic carbocycles. The fourth-order valence-electron chi connectivity index (χ4n) is 5.30. The minimum Gasteiger partial charge on any atom is -0.495 e. The summed E-state index contributed by atoms with van der Waals surface area (Å²) in [5.41, 5.74) is 4.85. The lowest BCUT2D eigenvalue weighted by Gasteiger charge is -2.39. The maximum Gasteiger partial charge on any atom is 0.284 e. The summed E-state index contributed by atoms with van der Waals surface area (Å²) in [6, 6.07) is 14.1. The van der Waals surface area contributed by atoms with Crippen LogP contribution in [0.5, 0.6) is 5.75 Å². The Kier molecular flexibility index (Phi) is 4.67. The number of hydrogen-bond donors (Lipinski definition) is 1. The molecule has 8 heteroatoms. The third-order valence-electron chi connectivity index (χ3n) is 6.96. The zero-order chi connectivity index (χ0) is 23.4. The number of imidazole rings is 1.